The van der Waals surface area contributed by atoms with Gasteiger partial charge in [-0.25, -0.2) is 8.42 Å². The zero-order chi connectivity index (χ0) is 23.1. The minimum Gasteiger partial charge on any atom is -0.494 e. The highest BCUT2D eigenvalue weighted by Crippen LogP contribution is 2.27. The fourth-order valence-corrected chi connectivity index (χ4v) is 5.16. The highest BCUT2D eigenvalue weighted by molar-refractivity contribution is 7.99. The number of carbonyl (C=O) groups excluding carboxylic acids is 1. The average Bonchev–Trinajstić information content (AvgIpc) is 3.28. The molecule has 0 atom stereocenters. The van der Waals surface area contributed by atoms with Crippen LogP contribution >= 0.6 is 11.8 Å². The topological polar surface area (TPSA) is 103 Å². The van der Waals surface area contributed by atoms with Crippen LogP contribution in [0.5, 0.6) is 5.75 Å². The normalized spacial score (nSPS) is 11.6. The number of hydrogen-bond acceptors (Lipinski definition) is 8. The molecule has 0 aliphatic rings. The molecule has 0 aliphatic heterocycles. The molecular weight excluding hydrogens is 450 g/mol. The van der Waals surface area contributed by atoms with Crippen LogP contribution in [0.1, 0.15) is 31.1 Å². The molecule has 2 aromatic carbocycles. The second-order valence-corrected chi connectivity index (χ2v) is 9.52. The number of rotatable bonds is 11. The maximum absolute atomic E-state index is 12.8. The lowest BCUT2D eigenvalue weighted by Crippen LogP contribution is -2.30. The molecule has 0 unspecified atom stereocenters. The van der Waals surface area contributed by atoms with Crippen LogP contribution in [-0.4, -0.2) is 54.2 Å². The molecule has 0 spiro atoms. The highest BCUT2D eigenvalue weighted by atomic mass is 32.2. The van der Waals surface area contributed by atoms with Crippen molar-refractivity contribution in [3.05, 3.63) is 54.1 Å². The Morgan fingerprint density at radius 3 is 2.44 bits per heavy atom. The van der Waals surface area contributed by atoms with Crippen molar-refractivity contribution in [3.8, 4) is 17.2 Å². The summed E-state index contributed by atoms with van der Waals surface area (Å²) in [6, 6.07) is 13.3. The van der Waals surface area contributed by atoms with E-state index in [1.807, 2.05) is 6.92 Å². The number of sulfonamides is 1. The van der Waals surface area contributed by atoms with Crippen LogP contribution in [0.2, 0.25) is 0 Å². The van der Waals surface area contributed by atoms with Crippen molar-refractivity contribution in [2.75, 3.05) is 25.4 Å². The average molecular weight is 476 g/mol. The minimum absolute atomic E-state index is 0.0786. The number of Topliss-reactive ketones (excluding diaryl/α,β-unsaturated/α-hetero) is 1. The third-order valence-electron chi connectivity index (χ3n) is 4.64. The number of ketones is 1. The molecule has 1 heterocycles. The van der Waals surface area contributed by atoms with E-state index in [9.17, 15) is 13.2 Å². The molecule has 0 bridgehead atoms. The summed E-state index contributed by atoms with van der Waals surface area (Å²) in [6.45, 7) is 6.81. The first kappa shape index (κ1) is 24.0. The maximum Gasteiger partial charge on any atom is 0.277 e. The molecule has 3 rings (SSSR count). The molecule has 0 saturated heterocycles. The van der Waals surface area contributed by atoms with Crippen LogP contribution in [0.15, 0.2) is 63.1 Å². The third kappa shape index (κ3) is 5.56. The monoisotopic (exact) mass is 475 g/mol. The van der Waals surface area contributed by atoms with Crippen LogP contribution in [-0.2, 0) is 10.0 Å². The molecule has 0 saturated carbocycles. The zero-order valence-corrected chi connectivity index (χ0v) is 19.8. The van der Waals surface area contributed by atoms with Crippen LogP contribution in [0, 0.1) is 0 Å². The van der Waals surface area contributed by atoms with E-state index in [1.165, 1.54) is 10.4 Å². The van der Waals surface area contributed by atoms with Gasteiger partial charge in [0.1, 0.15) is 5.75 Å². The first-order chi connectivity index (χ1) is 15.4. The smallest absolute Gasteiger partial charge is 0.277 e. The van der Waals surface area contributed by atoms with Gasteiger partial charge in [-0.05, 0) is 49.4 Å². The quantitative estimate of drug-likeness (QED) is 0.301. The van der Waals surface area contributed by atoms with E-state index < -0.39 is 10.0 Å². The van der Waals surface area contributed by atoms with Gasteiger partial charge in [-0.3, -0.25) is 4.79 Å². The van der Waals surface area contributed by atoms with E-state index in [0.717, 1.165) is 11.8 Å². The van der Waals surface area contributed by atoms with E-state index in [-0.39, 0.29) is 27.5 Å². The summed E-state index contributed by atoms with van der Waals surface area (Å²) >= 11 is 1.13. The Balaban J connectivity index is 1.69. The molecule has 10 heteroatoms. The van der Waals surface area contributed by atoms with Crippen molar-refractivity contribution in [1.82, 2.24) is 14.5 Å². The van der Waals surface area contributed by atoms with Crippen LogP contribution in [0.4, 0.5) is 0 Å². The van der Waals surface area contributed by atoms with Crippen molar-refractivity contribution in [2.24, 2.45) is 0 Å². The van der Waals surface area contributed by atoms with E-state index in [4.69, 9.17) is 9.15 Å². The van der Waals surface area contributed by atoms with Gasteiger partial charge in [0.25, 0.3) is 5.22 Å². The van der Waals surface area contributed by atoms with Gasteiger partial charge in [0, 0.05) is 24.2 Å². The third-order valence-corrected chi connectivity index (χ3v) is 7.51. The van der Waals surface area contributed by atoms with Gasteiger partial charge in [0.2, 0.25) is 15.9 Å². The van der Waals surface area contributed by atoms with Gasteiger partial charge < -0.3 is 9.15 Å². The summed E-state index contributed by atoms with van der Waals surface area (Å²) in [5.41, 5.74) is 1.06. The summed E-state index contributed by atoms with van der Waals surface area (Å²) in [5.74, 6) is 0.956. The second kappa shape index (κ2) is 10.8. The van der Waals surface area contributed by atoms with Crippen molar-refractivity contribution in [3.63, 3.8) is 0 Å². The summed E-state index contributed by atoms with van der Waals surface area (Å²) in [7, 11) is -3.60. The summed E-state index contributed by atoms with van der Waals surface area (Å²) in [5, 5.41) is 8.21. The van der Waals surface area contributed by atoms with Gasteiger partial charge in [-0.1, -0.05) is 31.7 Å². The number of hydrogen-bond donors (Lipinski definition) is 0. The molecule has 0 aliphatic carbocycles. The molecule has 32 heavy (non-hydrogen) atoms. The molecular formula is C22H25N3O5S2. The number of nitrogens with zero attached hydrogens (tertiary/aromatic N) is 3. The van der Waals surface area contributed by atoms with Crippen LogP contribution in [0.25, 0.3) is 11.5 Å². The van der Waals surface area contributed by atoms with Crippen molar-refractivity contribution >= 4 is 27.6 Å². The van der Waals surface area contributed by atoms with Crippen LogP contribution in [0.3, 0.4) is 0 Å². The van der Waals surface area contributed by atoms with Gasteiger partial charge in [-0.15, -0.1) is 10.2 Å². The molecule has 8 nitrogen and oxygen atoms in total. The Morgan fingerprint density at radius 1 is 1.06 bits per heavy atom. The van der Waals surface area contributed by atoms with Crippen molar-refractivity contribution in [2.45, 2.75) is 30.9 Å². The highest BCUT2D eigenvalue weighted by Gasteiger charge is 2.22. The molecule has 0 radical (unpaired) electrons. The first-order valence-corrected chi connectivity index (χ1v) is 12.6. The Labute approximate surface area is 192 Å². The Bertz CT molecular complexity index is 1160. The van der Waals surface area contributed by atoms with Crippen molar-refractivity contribution < 1.29 is 22.4 Å². The number of ether oxygens (including phenoxy) is 1. The lowest BCUT2D eigenvalue weighted by Gasteiger charge is -2.18. The second-order valence-electron chi connectivity index (χ2n) is 6.66. The largest absolute Gasteiger partial charge is 0.494 e. The lowest BCUT2D eigenvalue weighted by atomic mass is 10.1. The summed E-state index contributed by atoms with van der Waals surface area (Å²) < 4.78 is 37.9. The SMILES string of the molecule is CCOc1ccc(C(=O)CSc2nnc(-c3cccc(S(=O)(=O)N(CC)CC)c3)o2)cc1. The molecule has 0 fully saturated rings. The van der Waals surface area contributed by atoms with Crippen molar-refractivity contribution in [1.29, 1.82) is 0 Å². The molecule has 3 aromatic rings. The molecule has 170 valence electrons. The molecule has 1 aromatic heterocycles. The van der Waals surface area contributed by atoms with Gasteiger partial charge >= 0.3 is 0 Å². The van der Waals surface area contributed by atoms with E-state index in [2.05, 4.69) is 10.2 Å². The fourth-order valence-electron chi connectivity index (χ4n) is 3.00. The van der Waals surface area contributed by atoms with Crippen LogP contribution < -0.4 is 4.74 Å². The first-order valence-electron chi connectivity index (χ1n) is 10.2. The predicted molar refractivity (Wildman–Crippen MR) is 123 cm³/mol. The van der Waals surface area contributed by atoms with E-state index >= 15 is 0 Å². The zero-order valence-electron chi connectivity index (χ0n) is 18.1. The molecule has 0 N–H and O–H groups in total. The van der Waals surface area contributed by atoms with Gasteiger partial charge in [0.05, 0.1) is 17.3 Å². The molecule has 0 amide bonds. The maximum atomic E-state index is 12.8. The standard InChI is InChI=1S/C22H25N3O5S2/c1-4-25(5-2)32(27,28)19-9-7-8-17(14-19)21-23-24-22(30-21)31-15-20(26)16-10-12-18(13-11-16)29-6-3/h7-14H,4-6,15H2,1-3H3. The van der Waals surface area contributed by atoms with E-state index in [0.29, 0.717) is 36.6 Å². The van der Waals surface area contributed by atoms with Gasteiger partial charge in [0.15, 0.2) is 5.78 Å². The minimum atomic E-state index is -3.60. The Morgan fingerprint density at radius 2 is 1.78 bits per heavy atom. The Kier molecular flexibility index (Phi) is 8.05. The summed E-state index contributed by atoms with van der Waals surface area (Å²) in [6.07, 6.45) is 0. The number of benzene rings is 2. The lowest BCUT2D eigenvalue weighted by molar-refractivity contribution is 0.102. The predicted octanol–water partition coefficient (Wildman–Crippen LogP) is 4.14. The fraction of sp³-hybridized carbons (Fsp3) is 0.318. The summed E-state index contributed by atoms with van der Waals surface area (Å²) in [4.78, 5) is 12.6. The Hall–Kier alpha value is -2.69. The number of aromatic nitrogens is 2. The number of thioether (sulfide) groups is 1. The van der Waals surface area contributed by atoms with Gasteiger partial charge in [-0.2, -0.15) is 4.31 Å². The number of carbonyl (C=O) groups is 1. The van der Waals surface area contributed by atoms with E-state index in [1.54, 1.807) is 56.3 Å².